The van der Waals surface area contributed by atoms with Crippen LogP contribution in [0.4, 0.5) is 0 Å². The molecule has 0 aromatic heterocycles. The van der Waals surface area contributed by atoms with Gasteiger partial charge in [-0.05, 0) is 88.5 Å². The first-order valence-corrected chi connectivity index (χ1v) is 10.9. The first-order valence-electron chi connectivity index (χ1n) is 10.9. The van der Waals surface area contributed by atoms with Crippen molar-refractivity contribution in [1.82, 2.24) is 10.6 Å². The third-order valence-corrected chi connectivity index (χ3v) is 8.50. The monoisotopic (exact) mass is 372 g/mol. The highest BCUT2D eigenvalue weighted by Crippen LogP contribution is 2.65. The Labute approximate surface area is 163 Å². The van der Waals surface area contributed by atoms with Gasteiger partial charge in [-0.3, -0.25) is 9.59 Å². The Bertz CT molecular complexity index is 678. The molecule has 0 saturated heterocycles. The summed E-state index contributed by atoms with van der Waals surface area (Å²) in [4.78, 5) is 24.9. The molecule has 3 saturated carbocycles. The molecule has 3 aliphatic carbocycles. The molecule has 7 atom stereocenters. The van der Waals surface area contributed by atoms with E-state index in [2.05, 4.69) is 51.3 Å². The molecule has 4 aliphatic rings. The topological polar surface area (TPSA) is 58.2 Å². The minimum atomic E-state index is -0.167. The molecule has 4 rings (SSSR count). The second-order valence-corrected chi connectivity index (χ2v) is 11.1. The Morgan fingerprint density at radius 2 is 1.85 bits per heavy atom. The SMILES string of the molecule is CC(C)(C)NC(=O)[C@H]1CC[C@@H]2[C@H]3CC[C@H]4NC(=O)C=C[C@]4(C)[C@H]3CC[C@]12C. The second-order valence-electron chi connectivity index (χ2n) is 11.1. The van der Waals surface area contributed by atoms with Crippen molar-refractivity contribution in [1.29, 1.82) is 0 Å². The van der Waals surface area contributed by atoms with Crippen molar-refractivity contribution in [2.75, 3.05) is 0 Å². The molecule has 4 heteroatoms. The van der Waals surface area contributed by atoms with Crippen LogP contribution in [0.2, 0.25) is 0 Å². The van der Waals surface area contributed by atoms with Crippen molar-refractivity contribution >= 4 is 11.8 Å². The van der Waals surface area contributed by atoms with Gasteiger partial charge >= 0.3 is 0 Å². The summed E-state index contributed by atoms with van der Waals surface area (Å²) in [6.07, 6.45) is 10.7. The van der Waals surface area contributed by atoms with Gasteiger partial charge in [0, 0.05) is 22.9 Å². The zero-order chi connectivity index (χ0) is 19.6. The quantitative estimate of drug-likeness (QED) is 0.735. The summed E-state index contributed by atoms with van der Waals surface area (Å²) < 4.78 is 0. The predicted octanol–water partition coefficient (Wildman–Crippen LogP) is 3.81. The Hall–Kier alpha value is -1.32. The average molecular weight is 373 g/mol. The van der Waals surface area contributed by atoms with Gasteiger partial charge in [0.1, 0.15) is 0 Å². The van der Waals surface area contributed by atoms with Gasteiger partial charge in [0.15, 0.2) is 0 Å². The number of hydrogen-bond donors (Lipinski definition) is 2. The third kappa shape index (κ3) is 2.94. The second kappa shape index (κ2) is 6.09. The van der Waals surface area contributed by atoms with Crippen LogP contribution in [0, 0.1) is 34.5 Å². The van der Waals surface area contributed by atoms with Crippen LogP contribution in [0.1, 0.15) is 73.1 Å². The standard InChI is InChI=1S/C23H36N2O2/c1-21(2,3)25-20(27)17-8-7-15-14-6-9-18-23(5,13-11-19(26)24-18)16(14)10-12-22(15,17)4/h11,13-18H,6-10,12H2,1-5H3,(H,24,26)(H,25,27)/t14-,15-,16+,17-,18-,22+,23-/m1/s1. The molecule has 0 spiro atoms. The smallest absolute Gasteiger partial charge is 0.243 e. The fourth-order valence-electron chi connectivity index (χ4n) is 7.22. The number of fused-ring (bicyclic) bond motifs is 5. The molecule has 2 amide bonds. The summed E-state index contributed by atoms with van der Waals surface area (Å²) in [5.74, 6) is 2.41. The van der Waals surface area contributed by atoms with Crippen LogP contribution < -0.4 is 10.6 Å². The number of carbonyl (C=O) groups excluding carboxylic acids is 2. The summed E-state index contributed by atoms with van der Waals surface area (Å²) in [5, 5.41) is 6.48. The van der Waals surface area contributed by atoms with Gasteiger partial charge in [-0.15, -0.1) is 0 Å². The largest absolute Gasteiger partial charge is 0.351 e. The van der Waals surface area contributed by atoms with Gasteiger partial charge in [-0.2, -0.15) is 0 Å². The van der Waals surface area contributed by atoms with Gasteiger partial charge in [0.2, 0.25) is 11.8 Å². The molecule has 4 nitrogen and oxygen atoms in total. The zero-order valence-corrected chi connectivity index (χ0v) is 17.6. The summed E-state index contributed by atoms with van der Waals surface area (Å²) in [7, 11) is 0. The predicted molar refractivity (Wildman–Crippen MR) is 107 cm³/mol. The van der Waals surface area contributed by atoms with E-state index in [9.17, 15) is 9.59 Å². The molecule has 3 fully saturated rings. The first-order chi connectivity index (χ1) is 12.5. The molecule has 0 bridgehead atoms. The van der Waals surface area contributed by atoms with Gasteiger partial charge in [-0.25, -0.2) is 0 Å². The number of rotatable bonds is 1. The lowest BCUT2D eigenvalue weighted by Crippen LogP contribution is -2.59. The van der Waals surface area contributed by atoms with Gasteiger partial charge in [0.25, 0.3) is 0 Å². The highest BCUT2D eigenvalue weighted by Gasteiger charge is 2.60. The number of nitrogens with one attached hydrogen (secondary N) is 2. The lowest BCUT2D eigenvalue weighted by Gasteiger charge is -2.58. The highest BCUT2D eigenvalue weighted by molar-refractivity contribution is 5.89. The van der Waals surface area contributed by atoms with Crippen molar-refractivity contribution in [2.45, 2.75) is 84.7 Å². The van der Waals surface area contributed by atoms with Crippen LogP contribution in [0.25, 0.3) is 0 Å². The lowest BCUT2D eigenvalue weighted by molar-refractivity contribution is -0.135. The Morgan fingerprint density at radius 1 is 1.11 bits per heavy atom. The van der Waals surface area contributed by atoms with Crippen LogP contribution in [-0.2, 0) is 9.59 Å². The lowest BCUT2D eigenvalue weighted by atomic mass is 9.48. The average Bonchev–Trinajstić information content (AvgIpc) is 2.91. The molecule has 0 aromatic carbocycles. The fraction of sp³-hybridized carbons (Fsp3) is 0.826. The van der Waals surface area contributed by atoms with Gasteiger partial charge in [-0.1, -0.05) is 19.9 Å². The van der Waals surface area contributed by atoms with Crippen molar-refractivity contribution in [2.24, 2.45) is 34.5 Å². The fourth-order valence-corrected chi connectivity index (χ4v) is 7.22. The minimum Gasteiger partial charge on any atom is -0.351 e. The molecule has 0 radical (unpaired) electrons. The van der Waals surface area contributed by atoms with E-state index in [0.717, 1.165) is 19.3 Å². The first kappa shape index (κ1) is 19.0. The van der Waals surface area contributed by atoms with E-state index in [4.69, 9.17) is 0 Å². The molecule has 2 N–H and O–H groups in total. The molecule has 0 aromatic rings. The van der Waals surface area contributed by atoms with E-state index in [0.29, 0.717) is 17.8 Å². The normalized spacial score (nSPS) is 46.1. The minimum absolute atomic E-state index is 0.0661. The van der Waals surface area contributed by atoms with E-state index >= 15 is 0 Å². The number of carbonyl (C=O) groups is 2. The summed E-state index contributed by atoms with van der Waals surface area (Å²) in [5.41, 5.74) is 0.0323. The molecule has 1 aliphatic heterocycles. The highest BCUT2D eigenvalue weighted by atomic mass is 16.2. The molecule has 27 heavy (non-hydrogen) atoms. The third-order valence-electron chi connectivity index (χ3n) is 8.50. The zero-order valence-electron chi connectivity index (χ0n) is 17.6. The van der Waals surface area contributed by atoms with Crippen LogP contribution in [0.5, 0.6) is 0 Å². The van der Waals surface area contributed by atoms with Crippen LogP contribution >= 0.6 is 0 Å². The maximum absolute atomic E-state index is 13.0. The molecular weight excluding hydrogens is 336 g/mol. The molecule has 0 unspecified atom stereocenters. The van der Waals surface area contributed by atoms with E-state index in [1.165, 1.54) is 19.3 Å². The van der Waals surface area contributed by atoms with E-state index < -0.39 is 0 Å². The van der Waals surface area contributed by atoms with Gasteiger partial charge < -0.3 is 10.6 Å². The number of amides is 2. The van der Waals surface area contributed by atoms with Crippen LogP contribution in [-0.4, -0.2) is 23.4 Å². The van der Waals surface area contributed by atoms with E-state index in [1.807, 2.05) is 0 Å². The summed E-state index contributed by atoms with van der Waals surface area (Å²) in [6, 6.07) is 0.280. The Kier molecular flexibility index (Phi) is 4.29. The summed E-state index contributed by atoms with van der Waals surface area (Å²) in [6.45, 7) is 11.0. The maximum atomic E-state index is 13.0. The Morgan fingerprint density at radius 3 is 2.56 bits per heavy atom. The van der Waals surface area contributed by atoms with Crippen molar-refractivity contribution in [3.8, 4) is 0 Å². The number of hydrogen-bond acceptors (Lipinski definition) is 2. The van der Waals surface area contributed by atoms with E-state index in [1.54, 1.807) is 6.08 Å². The van der Waals surface area contributed by atoms with Crippen molar-refractivity contribution in [3.05, 3.63) is 12.2 Å². The van der Waals surface area contributed by atoms with Crippen molar-refractivity contribution in [3.63, 3.8) is 0 Å². The molecular formula is C23H36N2O2. The van der Waals surface area contributed by atoms with Gasteiger partial charge in [0.05, 0.1) is 0 Å². The van der Waals surface area contributed by atoms with Crippen molar-refractivity contribution < 1.29 is 9.59 Å². The van der Waals surface area contributed by atoms with E-state index in [-0.39, 0.29) is 40.1 Å². The van der Waals surface area contributed by atoms with Crippen LogP contribution in [0.15, 0.2) is 12.2 Å². The van der Waals surface area contributed by atoms with Crippen LogP contribution in [0.3, 0.4) is 0 Å². The Balaban J connectivity index is 1.58. The molecule has 1 heterocycles. The summed E-state index contributed by atoms with van der Waals surface area (Å²) >= 11 is 0. The molecule has 150 valence electrons. The maximum Gasteiger partial charge on any atom is 0.243 e.